The van der Waals surface area contributed by atoms with Crippen molar-refractivity contribution in [3.8, 4) is 17.6 Å². The summed E-state index contributed by atoms with van der Waals surface area (Å²) in [4.78, 5) is 48.3. The van der Waals surface area contributed by atoms with E-state index in [1.165, 1.54) is 6.20 Å². The van der Waals surface area contributed by atoms with Gasteiger partial charge in [0.15, 0.2) is 0 Å². The summed E-state index contributed by atoms with van der Waals surface area (Å²) in [6, 6.07) is 11.5. The number of rotatable bonds is 6. The lowest BCUT2D eigenvalue weighted by Crippen LogP contribution is -2.45. The minimum Gasteiger partial charge on any atom is -0.494 e. The lowest BCUT2D eigenvalue weighted by atomic mass is 10.1. The number of imide groups is 1. The van der Waals surface area contributed by atoms with Gasteiger partial charge in [0.2, 0.25) is 5.91 Å². The molecule has 0 bridgehead atoms. The van der Waals surface area contributed by atoms with E-state index in [9.17, 15) is 19.2 Å². The third kappa shape index (κ3) is 7.45. The van der Waals surface area contributed by atoms with Crippen LogP contribution in [-0.4, -0.2) is 39.9 Å². The van der Waals surface area contributed by atoms with E-state index in [1.54, 1.807) is 63.2 Å². The molecule has 1 aromatic heterocycles. The van der Waals surface area contributed by atoms with Crippen molar-refractivity contribution in [1.82, 2.24) is 15.1 Å². The summed E-state index contributed by atoms with van der Waals surface area (Å²) in [7, 11) is 0. The molecule has 2 aromatic carbocycles. The number of carbonyl (C=O) groups is 3. The summed E-state index contributed by atoms with van der Waals surface area (Å²) in [5.74, 6) is 6.02. The number of carbonyl (C=O) groups excluding carboxylic acids is 3. The van der Waals surface area contributed by atoms with Crippen molar-refractivity contribution < 1.29 is 23.9 Å². The van der Waals surface area contributed by atoms with Gasteiger partial charge in [-0.1, -0.05) is 11.8 Å². The standard InChI is InChI=1S/C29H30N4O6/c1-29(2,3)39-28(37)31-21-9-11-22(12-10-21)38-16-6-4-5-7-19-8-13-23-20(17-19)18-30-33(27(23)36)24-14-15-25(34)32-26(24)35/h8-13,17-18,24H,4,6,14-16H2,1-3H3,(H,31,37)(H,32,34,35). The van der Waals surface area contributed by atoms with Crippen LogP contribution in [0.15, 0.2) is 53.5 Å². The predicted molar refractivity (Wildman–Crippen MR) is 145 cm³/mol. The Balaban J connectivity index is 1.27. The first-order valence-corrected chi connectivity index (χ1v) is 12.7. The van der Waals surface area contributed by atoms with Crippen molar-refractivity contribution >= 4 is 34.4 Å². The van der Waals surface area contributed by atoms with Crippen molar-refractivity contribution in [3.63, 3.8) is 0 Å². The molecule has 3 aromatic rings. The number of hydrogen-bond acceptors (Lipinski definition) is 7. The minimum absolute atomic E-state index is 0.168. The number of fused-ring (bicyclic) bond motifs is 1. The molecule has 1 atom stereocenters. The maximum atomic E-state index is 12.9. The summed E-state index contributed by atoms with van der Waals surface area (Å²) < 4.78 is 12.1. The van der Waals surface area contributed by atoms with Gasteiger partial charge in [0.1, 0.15) is 17.4 Å². The highest BCUT2D eigenvalue weighted by molar-refractivity contribution is 5.99. The van der Waals surface area contributed by atoms with Crippen LogP contribution in [0, 0.1) is 11.8 Å². The monoisotopic (exact) mass is 530 g/mol. The molecule has 0 spiro atoms. The Kier molecular flexibility index (Phi) is 8.30. The molecule has 1 aliphatic rings. The minimum atomic E-state index is -0.798. The molecular weight excluding hydrogens is 500 g/mol. The van der Waals surface area contributed by atoms with Crippen molar-refractivity contribution in [2.75, 3.05) is 11.9 Å². The number of nitrogens with zero attached hydrogens (tertiary/aromatic N) is 2. The Morgan fingerprint density at radius 3 is 2.64 bits per heavy atom. The van der Waals surface area contributed by atoms with E-state index in [1.807, 2.05) is 0 Å². The predicted octanol–water partition coefficient (Wildman–Crippen LogP) is 3.93. The lowest BCUT2D eigenvalue weighted by molar-refractivity contribution is -0.136. The smallest absolute Gasteiger partial charge is 0.412 e. The highest BCUT2D eigenvalue weighted by Crippen LogP contribution is 2.19. The van der Waals surface area contributed by atoms with Gasteiger partial charge in [-0.15, -0.1) is 0 Å². The zero-order valence-electron chi connectivity index (χ0n) is 22.1. The molecule has 3 amide bonds. The van der Waals surface area contributed by atoms with Gasteiger partial charge in [-0.3, -0.25) is 25.0 Å². The van der Waals surface area contributed by atoms with E-state index < -0.39 is 23.6 Å². The second kappa shape index (κ2) is 11.8. The van der Waals surface area contributed by atoms with E-state index in [4.69, 9.17) is 9.47 Å². The van der Waals surface area contributed by atoms with Crippen LogP contribution in [0.25, 0.3) is 10.8 Å². The molecular formula is C29H30N4O6. The Morgan fingerprint density at radius 2 is 1.92 bits per heavy atom. The number of benzene rings is 2. The molecule has 2 N–H and O–H groups in total. The molecule has 4 rings (SSSR count). The van der Waals surface area contributed by atoms with E-state index in [2.05, 4.69) is 27.6 Å². The van der Waals surface area contributed by atoms with Crippen molar-refractivity contribution in [2.24, 2.45) is 0 Å². The first kappa shape index (κ1) is 27.4. The van der Waals surface area contributed by atoms with Gasteiger partial charge in [0.25, 0.3) is 11.5 Å². The molecule has 1 unspecified atom stereocenters. The topological polar surface area (TPSA) is 129 Å². The summed E-state index contributed by atoms with van der Waals surface area (Å²) >= 11 is 0. The van der Waals surface area contributed by atoms with Crippen LogP contribution in [0.3, 0.4) is 0 Å². The van der Waals surface area contributed by atoms with Crippen LogP contribution >= 0.6 is 0 Å². The third-order valence-corrected chi connectivity index (χ3v) is 5.76. The Morgan fingerprint density at radius 1 is 1.15 bits per heavy atom. The fraction of sp³-hybridized carbons (Fsp3) is 0.345. The fourth-order valence-electron chi connectivity index (χ4n) is 3.95. The average Bonchev–Trinajstić information content (AvgIpc) is 2.87. The van der Waals surface area contributed by atoms with Gasteiger partial charge >= 0.3 is 6.09 Å². The molecule has 202 valence electrons. The summed E-state index contributed by atoms with van der Waals surface area (Å²) in [6.07, 6.45) is 2.77. The number of aromatic nitrogens is 2. The van der Waals surface area contributed by atoms with Gasteiger partial charge in [0.05, 0.1) is 18.2 Å². The molecule has 1 aliphatic heterocycles. The molecule has 1 saturated heterocycles. The molecule has 0 radical (unpaired) electrons. The molecule has 1 fully saturated rings. The van der Waals surface area contributed by atoms with Crippen molar-refractivity contribution in [2.45, 2.75) is 58.1 Å². The normalized spacial score (nSPS) is 15.2. The molecule has 39 heavy (non-hydrogen) atoms. The summed E-state index contributed by atoms with van der Waals surface area (Å²) in [5.41, 5.74) is 0.414. The number of unbranched alkanes of at least 4 members (excludes halogenated alkanes) is 1. The van der Waals surface area contributed by atoms with E-state index in [0.29, 0.717) is 35.2 Å². The number of hydrogen-bond donors (Lipinski definition) is 2. The van der Waals surface area contributed by atoms with Crippen LogP contribution in [0.1, 0.15) is 58.1 Å². The number of nitrogens with one attached hydrogen (secondary N) is 2. The van der Waals surface area contributed by atoms with Crippen LogP contribution in [-0.2, 0) is 14.3 Å². The Labute approximate surface area is 225 Å². The summed E-state index contributed by atoms with van der Waals surface area (Å²) in [6.45, 7) is 5.89. The van der Waals surface area contributed by atoms with Crippen molar-refractivity contribution in [1.29, 1.82) is 0 Å². The second-order valence-corrected chi connectivity index (χ2v) is 10.1. The second-order valence-electron chi connectivity index (χ2n) is 10.1. The third-order valence-electron chi connectivity index (χ3n) is 5.76. The quantitative estimate of drug-likeness (QED) is 0.281. The number of piperidine rings is 1. The van der Waals surface area contributed by atoms with Gasteiger partial charge in [0, 0.05) is 29.5 Å². The zero-order chi connectivity index (χ0) is 28.0. The first-order chi connectivity index (χ1) is 18.6. The number of anilines is 1. The van der Waals surface area contributed by atoms with Crippen molar-refractivity contribution in [3.05, 3.63) is 64.6 Å². The lowest BCUT2D eigenvalue weighted by Gasteiger charge is -2.21. The highest BCUT2D eigenvalue weighted by atomic mass is 16.6. The molecule has 10 heteroatoms. The van der Waals surface area contributed by atoms with Crippen LogP contribution in [0.5, 0.6) is 5.75 Å². The summed E-state index contributed by atoms with van der Waals surface area (Å²) in [5, 5.41) is 10.2. The first-order valence-electron chi connectivity index (χ1n) is 12.7. The Bertz CT molecular complexity index is 1510. The Hall–Kier alpha value is -4.65. The van der Waals surface area contributed by atoms with Gasteiger partial charge in [-0.2, -0.15) is 5.10 Å². The maximum Gasteiger partial charge on any atom is 0.412 e. The number of amides is 3. The van der Waals surface area contributed by atoms with Crippen LogP contribution in [0.4, 0.5) is 10.5 Å². The largest absolute Gasteiger partial charge is 0.494 e. The van der Waals surface area contributed by atoms with Crippen LogP contribution < -0.4 is 20.9 Å². The van der Waals surface area contributed by atoms with E-state index in [-0.39, 0.29) is 24.3 Å². The highest BCUT2D eigenvalue weighted by Gasteiger charge is 2.29. The van der Waals surface area contributed by atoms with Gasteiger partial charge in [-0.25, -0.2) is 9.48 Å². The molecule has 0 aliphatic carbocycles. The maximum absolute atomic E-state index is 12.9. The molecule has 2 heterocycles. The number of ether oxygens (including phenoxy) is 2. The van der Waals surface area contributed by atoms with E-state index in [0.717, 1.165) is 16.7 Å². The molecule has 0 saturated carbocycles. The zero-order valence-corrected chi connectivity index (χ0v) is 22.1. The van der Waals surface area contributed by atoms with Gasteiger partial charge < -0.3 is 9.47 Å². The van der Waals surface area contributed by atoms with Crippen LogP contribution in [0.2, 0.25) is 0 Å². The molecule has 10 nitrogen and oxygen atoms in total. The fourth-order valence-corrected chi connectivity index (χ4v) is 3.95. The average molecular weight is 531 g/mol. The van der Waals surface area contributed by atoms with Gasteiger partial charge in [-0.05, 0) is 76.1 Å². The van der Waals surface area contributed by atoms with E-state index >= 15 is 0 Å². The SMILES string of the molecule is CC(C)(C)OC(=O)Nc1ccc(OCCCC#Cc2ccc3c(=O)n(C4CCC(=O)NC4=O)ncc3c2)cc1.